The van der Waals surface area contributed by atoms with Crippen LogP contribution in [0.15, 0.2) is 23.0 Å². The highest BCUT2D eigenvalue weighted by molar-refractivity contribution is 5.06. The minimum Gasteiger partial charge on any atom is -0.472 e. The Bertz CT molecular complexity index is 251. The molecule has 1 saturated carbocycles. The van der Waals surface area contributed by atoms with Gasteiger partial charge in [0.1, 0.15) is 0 Å². The molecule has 1 fully saturated rings. The molecule has 2 nitrogen and oxygen atoms in total. The van der Waals surface area contributed by atoms with Gasteiger partial charge in [0.25, 0.3) is 0 Å². The number of hydrogen-bond acceptors (Lipinski definition) is 2. The van der Waals surface area contributed by atoms with E-state index >= 15 is 0 Å². The molecule has 1 aliphatic carbocycles. The molecule has 2 heteroatoms. The number of nitrogens with one attached hydrogen (secondary N) is 1. The summed E-state index contributed by atoms with van der Waals surface area (Å²) in [6.07, 6.45) is 8.76. The van der Waals surface area contributed by atoms with Crippen LogP contribution in [0.25, 0.3) is 0 Å². The fourth-order valence-corrected chi connectivity index (χ4v) is 1.72. The second kappa shape index (κ2) is 4.65. The minimum absolute atomic E-state index is 0.758. The molecule has 78 valence electrons. The van der Waals surface area contributed by atoms with Gasteiger partial charge < -0.3 is 9.73 Å². The Labute approximate surface area is 85.7 Å². The normalized spacial score (nSPS) is 18.4. The van der Waals surface area contributed by atoms with Crippen LogP contribution in [0.5, 0.6) is 0 Å². The smallest absolute Gasteiger partial charge is 0.0934 e. The maximum absolute atomic E-state index is 5.08. The molecule has 0 amide bonds. The quantitative estimate of drug-likeness (QED) is 0.751. The van der Waals surface area contributed by atoms with Crippen molar-refractivity contribution in [3.05, 3.63) is 24.2 Å². The third-order valence-corrected chi connectivity index (χ3v) is 2.95. The predicted octanol–water partition coefficient (Wildman–Crippen LogP) is 2.60. The van der Waals surface area contributed by atoms with E-state index < -0.39 is 0 Å². The lowest BCUT2D eigenvalue weighted by molar-refractivity contribution is 0.456. The zero-order chi connectivity index (χ0) is 9.80. The lowest BCUT2D eigenvalue weighted by atomic mass is 9.98. The summed E-state index contributed by atoms with van der Waals surface area (Å²) in [4.78, 5) is 0. The monoisotopic (exact) mass is 193 g/mol. The van der Waals surface area contributed by atoms with E-state index in [9.17, 15) is 0 Å². The Hall–Kier alpha value is -0.760. The van der Waals surface area contributed by atoms with Crippen LogP contribution in [0.2, 0.25) is 0 Å². The van der Waals surface area contributed by atoms with E-state index in [-0.39, 0.29) is 0 Å². The van der Waals surface area contributed by atoms with E-state index in [0.29, 0.717) is 0 Å². The average Bonchev–Trinajstić information content (AvgIpc) is 2.90. The molecule has 0 aromatic carbocycles. The van der Waals surface area contributed by atoms with Gasteiger partial charge in [0.15, 0.2) is 0 Å². The Kier molecular flexibility index (Phi) is 3.25. The molecule has 1 aromatic heterocycles. The molecule has 1 N–H and O–H groups in total. The summed E-state index contributed by atoms with van der Waals surface area (Å²) in [5.74, 6) is 0.758. The van der Waals surface area contributed by atoms with Gasteiger partial charge in [-0.3, -0.25) is 0 Å². The fourth-order valence-electron chi connectivity index (χ4n) is 1.72. The molecule has 1 aromatic rings. The second-order valence-corrected chi connectivity index (χ2v) is 4.29. The van der Waals surface area contributed by atoms with Crippen LogP contribution in [-0.2, 0) is 6.42 Å². The summed E-state index contributed by atoms with van der Waals surface area (Å²) in [5, 5.41) is 3.59. The molecule has 1 atom stereocenters. The Morgan fingerprint density at radius 1 is 1.57 bits per heavy atom. The van der Waals surface area contributed by atoms with Crippen LogP contribution in [0.3, 0.4) is 0 Å². The van der Waals surface area contributed by atoms with E-state index in [4.69, 9.17) is 4.42 Å². The highest BCUT2D eigenvalue weighted by Crippen LogP contribution is 2.20. The van der Waals surface area contributed by atoms with E-state index in [2.05, 4.69) is 18.3 Å². The van der Waals surface area contributed by atoms with Crippen LogP contribution < -0.4 is 5.32 Å². The number of hydrogen-bond donors (Lipinski definition) is 1. The minimum atomic E-state index is 0.758. The standard InChI is InChI=1S/C12H19NO/c1-2-10(8-13-12-3-4-12)7-11-5-6-14-9-11/h5-6,9-10,12-13H,2-4,7-8H2,1H3. The van der Waals surface area contributed by atoms with Crippen molar-refractivity contribution in [3.8, 4) is 0 Å². The van der Waals surface area contributed by atoms with Crippen LogP contribution in [0.4, 0.5) is 0 Å². The third-order valence-electron chi connectivity index (χ3n) is 2.95. The molecule has 0 saturated heterocycles. The van der Waals surface area contributed by atoms with Crippen molar-refractivity contribution in [1.82, 2.24) is 5.32 Å². The van der Waals surface area contributed by atoms with Gasteiger partial charge >= 0.3 is 0 Å². The van der Waals surface area contributed by atoms with Gasteiger partial charge in [0.05, 0.1) is 12.5 Å². The Morgan fingerprint density at radius 2 is 2.43 bits per heavy atom. The van der Waals surface area contributed by atoms with Crippen LogP contribution in [0.1, 0.15) is 31.7 Å². The highest BCUT2D eigenvalue weighted by atomic mass is 16.3. The maximum Gasteiger partial charge on any atom is 0.0934 e. The first-order chi connectivity index (χ1) is 6.88. The lowest BCUT2D eigenvalue weighted by Gasteiger charge is -2.14. The molecule has 0 radical (unpaired) electrons. The molecule has 1 unspecified atom stereocenters. The Balaban J connectivity index is 1.74. The molecular weight excluding hydrogens is 174 g/mol. The Morgan fingerprint density at radius 3 is 3.00 bits per heavy atom. The number of furan rings is 1. The molecule has 0 spiro atoms. The van der Waals surface area contributed by atoms with Crippen molar-refractivity contribution < 1.29 is 4.42 Å². The zero-order valence-electron chi connectivity index (χ0n) is 8.83. The van der Waals surface area contributed by atoms with Gasteiger partial charge in [-0.05, 0) is 43.4 Å². The summed E-state index contributed by atoms with van der Waals surface area (Å²) in [5.41, 5.74) is 1.33. The van der Waals surface area contributed by atoms with Gasteiger partial charge in [0.2, 0.25) is 0 Å². The van der Waals surface area contributed by atoms with Gasteiger partial charge in [-0.1, -0.05) is 13.3 Å². The van der Waals surface area contributed by atoms with Gasteiger partial charge in [-0.25, -0.2) is 0 Å². The van der Waals surface area contributed by atoms with E-state index in [1.54, 1.807) is 6.26 Å². The summed E-state index contributed by atoms with van der Waals surface area (Å²) in [6, 6.07) is 2.90. The largest absolute Gasteiger partial charge is 0.472 e. The van der Waals surface area contributed by atoms with Crippen LogP contribution in [0, 0.1) is 5.92 Å². The molecule has 1 aliphatic rings. The average molecular weight is 193 g/mol. The molecule has 0 aliphatic heterocycles. The van der Waals surface area contributed by atoms with Crippen LogP contribution >= 0.6 is 0 Å². The molecule has 2 rings (SSSR count). The van der Waals surface area contributed by atoms with E-state index in [1.807, 2.05) is 6.26 Å². The first-order valence-electron chi connectivity index (χ1n) is 5.63. The topological polar surface area (TPSA) is 25.2 Å². The molecule has 1 heterocycles. The summed E-state index contributed by atoms with van der Waals surface area (Å²) < 4.78 is 5.08. The SMILES string of the molecule is CCC(CNC1CC1)Cc1ccoc1. The molecule has 0 bridgehead atoms. The van der Waals surface area contributed by atoms with E-state index in [1.165, 1.54) is 24.8 Å². The van der Waals surface area contributed by atoms with E-state index in [0.717, 1.165) is 24.9 Å². The summed E-state index contributed by atoms with van der Waals surface area (Å²) >= 11 is 0. The predicted molar refractivity (Wildman–Crippen MR) is 57.2 cm³/mol. The van der Waals surface area contributed by atoms with Crippen LogP contribution in [-0.4, -0.2) is 12.6 Å². The lowest BCUT2D eigenvalue weighted by Crippen LogP contribution is -2.25. The zero-order valence-corrected chi connectivity index (χ0v) is 8.83. The van der Waals surface area contributed by atoms with Gasteiger partial charge in [-0.2, -0.15) is 0 Å². The van der Waals surface area contributed by atoms with Crippen molar-refractivity contribution in [3.63, 3.8) is 0 Å². The first kappa shape index (κ1) is 9.78. The summed E-state index contributed by atoms with van der Waals surface area (Å²) in [6.45, 7) is 3.42. The second-order valence-electron chi connectivity index (χ2n) is 4.29. The van der Waals surface area contributed by atoms with Gasteiger partial charge in [-0.15, -0.1) is 0 Å². The fraction of sp³-hybridized carbons (Fsp3) is 0.667. The molecule has 14 heavy (non-hydrogen) atoms. The van der Waals surface area contributed by atoms with Gasteiger partial charge in [0, 0.05) is 6.04 Å². The summed E-state index contributed by atoms with van der Waals surface area (Å²) in [7, 11) is 0. The highest BCUT2D eigenvalue weighted by Gasteiger charge is 2.21. The van der Waals surface area contributed by atoms with Crippen molar-refractivity contribution in [2.24, 2.45) is 5.92 Å². The molecular formula is C12H19NO. The van der Waals surface area contributed by atoms with Crippen molar-refractivity contribution in [2.45, 2.75) is 38.6 Å². The first-order valence-corrected chi connectivity index (χ1v) is 5.63. The van der Waals surface area contributed by atoms with Crippen molar-refractivity contribution >= 4 is 0 Å². The van der Waals surface area contributed by atoms with Crippen molar-refractivity contribution in [2.75, 3.05) is 6.54 Å². The third kappa shape index (κ3) is 2.88. The maximum atomic E-state index is 5.08. The number of rotatable bonds is 6. The van der Waals surface area contributed by atoms with Crippen molar-refractivity contribution in [1.29, 1.82) is 0 Å².